The maximum atomic E-state index is 3.95. The van der Waals surface area contributed by atoms with Crippen LogP contribution >= 0.6 is 0 Å². The summed E-state index contributed by atoms with van der Waals surface area (Å²) in [6.45, 7) is 8.69. The van der Waals surface area contributed by atoms with Crippen molar-refractivity contribution in [3.63, 3.8) is 0 Å². The first kappa shape index (κ1) is 14.8. The Morgan fingerprint density at radius 2 is 1.90 bits per heavy atom. The minimum absolute atomic E-state index is 0.801. The topological polar surface area (TPSA) is 27.3 Å². The van der Waals surface area contributed by atoms with E-state index in [1.165, 1.54) is 77.7 Å². The van der Waals surface area contributed by atoms with Crippen LogP contribution in [0.3, 0.4) is 0 Å². The highest BCUT2D eigenvalue weighted by Crippen LogP contribution is 2.32. The molecule has 0 radical (unpaired) electrons. The quantitative estimate of drug-likeness (QED) is 0.808. The van der Waals surface area contributed by atoms with Gasteiger partial charge in [-0.25, -0.2) is 0 Å². The fraction of sp³-hybridized carbons (Fsp3) is 1.00. The van der Waals surface area contributed by atoms with Gasteiger partial charge in [0.2, 0.25) is 0 Å². The van der Waals surface area contributed by atoms with Crippen molar-refractivity contribution in [2.75, 3.05) is 32.7 Å². The predicted octanol–water partition coefficient (Wildman–Crippen LogP) is 2.23. The lowest BCUT2D eigenvalue weighted by Gasteiger charge is -2.33. The molecule has 0 bridgehead atoms. The summed E-state index contributed by atoms with van der Waals surface area (Å²) in [5, 5.41) is 7.69. The van der Waals surface area contributed by atoms with E-state index >= 15 is 0 Å². The van der Waals surface area contributed by atoms with Gasteiger partial charge in [0.25, 0.3) is 0 Å². The Morgan fingerprint density at radius 3 is 2.60 bits per heavy atom. The largest absolute Gasteiger partial charge is 0.314 e. The number of likely N-dealkylation sites (tertiary alicyclic amines) is 1. The summed E-state index contributed by atoms with van der Waals surface area (Å²) in [6.07, 6.45) is 9.91. The molecule has 0 aromatic rings. The molecule has 3 rings (SSSR count). The van der Waals surface area contributed by atoms with Crippen molar-refractivity contribution in [3.8, 4) is 0 Å². The van der Waals surface area contributed by atoms with Crippen molar-refractivity contribution < 1.29 is 0 Å². The van der Waals surface area contributed by atoms with Crippen molar-refractivity contribution in [1.82, 2.24) is 15.5 Å². The molecule has 0 amide bonds. The first-order valence-corrected chi connectivity index (χ1v) is 9.06. The van der Waals surface area contributed by atoms with E-state index in [4.69, 9.17) is 0 Å². The average Bonchev–Trinajstić information content (AvgIpc) is 3.16. The Kier molecular flexibility index (Phi) is 5.36. The minimum Gasteiger partial charge on any atom is -0.314 e. The predicted molar refractivity (Wildman–Crippen MR) is 85.0 cm³/mol. The van der Waals surface area contributed by atoms with Crippen LogP contribution < -0.4 is 10.6 Å². The molecule has 3 heteroatoms. The van der Waals surface area contributed by atoms with Crippen LogP contribution in [0.15, 0.2) is 0 Å². The summed E-state index contributed by atoms with van der Waals surface area (Å²) in [5.41, 5.74) is 0. The monoisotopic (exact) mass is 279 g/mol. The molecule has 2 saturated heterocycles. The number of nitrogens with one attached hydrogen (secondary N) is 2. The van der Waals surface area contributed by atoms with Crippen LogP contribution in [0.4, 0.5) is 0 Å². The third kappa shape index (κ3) is 3.55. The second-order valence-electron chi connectivity index (χ2n) is 7.19. The third-order valence-electron chi connectivity index (χ3n) is 6.01. The van der Waals surface area contributed by atoms with Gasteiger partial charge in [0.1, 0.15) is 0 Å². The van der Waals surface area contributed by atoms with E-state index in [0.717, 1.165) is 23.9 Å². The van der Waals surface area contributed by atoms with Crippen LogP contribution in [0.1, 0.15) is 51.9 Å². The van der Waals surface area contributed by atoms with Gasteiger partial charge in [-0.1, -0.05) is 13.3 Å². The molecule has 3 atom stereocenters. The zero-order chi connectivity index (χ0) is 13.8. The van der Waals surface area contributed by atoms with Crippen molar-refractivity contribution >= 4 is 0 Å². The fourth-order valence-electron chi connectivity index (χ4n) is 4.63. The maximum Gasteiger partial charge on any atom is 0.0111 e. The summed E-state index contributed by atoms with van der Waals surface area (Å²) < 4.78 is 0. The molecule has 2 aliphatic heterocycles. The second-order valence-corrected chi connectivity index (χ2v) is 7.19. The van der Waals surface area contributed by atoms with E-state index in [1.807, 2.05) is 0 Å². The zero-order valence-electron chi connectivity index (χ0n) is 13.2. The van der Waals surface area contributed by atoms with Crippen LogP contribution in [-0.4, -0.2) is 49.7 Å². The molecule has 3 unspecified atom stereocenters. The Bertz CT molecular complexity index is 280. The molecule has 3 nitrogen and oxygen atoms in total. The van der Waals surface area contributed by atoms with Crippen LogP contribution in [0.25, 0.3) is 0 Å². The summed E-state index contributed by atoms with van der Waals surface area (Å²) in [5.74, 6) is 1.84. The number of hydrogen-bond acceptors (Lipinski definition) is 3. The lowest BCUT2D eigenvalue weighted by molar-refractivity contribution is 0.183. The molecule has 2 heterocycles. The molecule has 2 N–H and O–H groups in total. The smallest absolute Gasteiger partial charge is 0.0111 e. The van der Waals surface area contributed by atoms with Gasteiger partial charge >= 0.3 is 0 Å². The molecule has 0 aromatic heterocycles. The van der Waals surface area contributed by atoms with E-state index in [-0.39, 0.29) is 0 Å². The summed E-state index contributed by atoms with van der Waals surface area (Å²) >= 11 is 0. The normalized spacial score (nSPS) is 36.8. The van der Waals surface area contributed by atoms with Gasteiger partial charge in [0, 0.05) is 12.1 Å². The molecule has 0 aromatic carbocycles. The maximum absolute atomic E-state index is 3.95. The van der Waals surface area contributed by atoms with Crippen LogP contribution in [0, 0.1) is 11.8 Å². The summed E-state index contributed by atoms with van der Waals surface area (Å²) in [6, 6.07) is 1.62. The van der Waals surface area contributed by atoms with Gasteiger partial charge in [0.15, 0.2) is 0 Å². The molecule has 1 saturated carbocycles. The molecule has 0 spiro atoms. The SMILES string of the molecule is CCN1CCC(CNC2CCCC2C2CCCN2)CC1. The van der Waals surface area contributed by atoms with Gasteiger partial charge in [-0.3, -0.25) is 0 Å². The van der Waals surface area contributed by atoms with Gasteiger partial charge in [-0.15, -0.1) is 0 Å². The lowest BCUT2D eigenvalue weighted by atomic mass is 9.91. The second kappa shape index (κ2) is 7.24. The Morgan fingerprint density at radius 1 is 1.05 bits per heavy atom. The minimum atomic E-state index is 0.801. The van der Waals surface area contributed by atoms with Gasteiger partial charge in [0.05, 0.1) is 0 Å². The van der Waals surface area contributed by atoms with Gasteiger partial charge < -0.3 is 15.5 Å². The van der Waals surface area contributed by atoms with Crippen molar-refractivity contribution in [2.24, 2.45) is 11.8 Å². The van der Waals surface area contributed by atoms with Crippen LogP contribution in [0.5, 0.6) is 0 Å². The molecule has 3 fully saturated rings. The summed E-state index contributed by atoms with van der Waals surface area (Å²) in [4.78, 5) is 2.59. The Labute approximate surface area is 124 Å². The molecular weight excluding hydrogens is 246 g/mol. The van der Waals surface area contributed by atoms with Gasteiger partial charge in [-0.05, 0) is 83.1 Å². The van der Waals surface area contributed by atoms with E-state index in [9.17, 15) is 0 Å². The highest BCUT2D eigenvalue weighted by molar-refractivity contribution is 4.93. The highest BCUT2D eigenvalue weighted by atomic mass is 15.1. The van der Waals surface area contributed by atoms with Gasteiger partial charge in [-0.2, -0.15) is 0 Å². The van der Waals surface area contributed by atoms with Crippen LogP contribution in [-0.2, 0) is 0 Å². The van der Waals surface area contributed by atoms with Crippen molar-refractivity contribution in [1.29, 1.82) is 0 Å². The van der Waals surface area contributed by atoms with E-state index in [2.05, 4.69) is 22.5 Å². The van der Waals surface area contributed by atoms with Crippen LogP contribution in [0.2, 0.25) is 0 Å². The average molecular weight is 279 g/mol. The Balaban J connectivity index is 1.41. The first-order chi connectivity index (χ1) is 9.86. The van der Waals surface area contributed by atoms with Crippen molar-refractivity contribution in [2.45, 2.75) is 64.0 Å². The molecule has 20 heavy (non-hydrogen) atoms. The lowest BCUT2D eigenvalue weighted by Crippen LogP contribution is -2.45. The number of nitrogens with zero attached hydrogens (tertiary/aromatic N) is 1. The Hall–Kier alpha value is -0.120. The number of piperidine rings is 1. The van der Waals surface area contributed by atoms with Crippen molar-refractivity contribution in [3.05, 3.63) is 0 Å². The molecular formula is C17H33N3. The molecule has 116 valence electrons. The highest BCUT2D eigenvalue weighted by Gasteiger charge is 2.35. The number of rotatable bonds is 5. The molecule has 1 aliphatic carbocycles. The standard InChI is InChI=1S/C17H33N3/c1-2-20-11-8-14(9-12-20)13-19-17-6-3-5-15(17)16-7-4-10-18-16/h14-19H,2-13H2,1H3. The number of hydrogen-bond donors (Lipinski definition) is 2. The van der Waals surface area contributed by atoms with E-state index < -0.39 is 0 Å². The zero-order valence-corrected chi connectivity index (χ0v) is 13.2. The summed E-state index contributed by atoms with van der Waals surface area (Å²) in [7, 11) is 0. The van der Waals surface area contributed by atoms with E-state index in [1.54, 1.807) is 0 Å². The first-order valence-electron chi connectivity index (χ1n) is 9.06. The van der Waals surface area contributed by atoms with E-state index in [0.29, 0.717) is 0 Å². The third-order valence-corrected chi connectivity index (χ3v) is 6.01. The fourth-order valence-corrected chi connectivity index (χ4v) is 4.63. The molecule has 3 aliphatic rings.